The Morgan fingerprint density at radius 1 is 1.17 bits per heavy atom. The number of hydrogen-bond donors (Lipinski definition) is 2. The quantitative estimate of drug-likeness (QED) is 0.544. The molecule has 0 spiro atoms. The first-order valence-electron chi connectivity index (χ1n) is 5.16. The summed E-state index contributed by atoms with van der Waals surface area (Å²) in [5.41, 5.74) is 0. The molecular formula is C10H24N2. The summed E-state index contributed by atoms with van der Waals surface area (Å²) in [6.07, 6.45) is 3.85. The zero-order valence-corrected chi connectivity index (χ0v) is 8.82. The van der Waals surface area contributed by atoms with E-state index in [0.717, 1.165) is 12.5 Å². The van der Waals surface area contributed by atoms with E-state index in [9.17, 15) is 0 Å². The molecule has 2 nitrogen and oxygen atoms in total. The van der Waals surface area contributed by atoms with Crippen LogP contribution in [0.15, 0.2) is 0 Å². The molecule has 0 saturated carbocycles. The van der Waals surface area contributed by atoms with Gasteiger partial charge in [-0.2, -0.15) is 0 Å². The maximum absolute atomic E-state index is 3.47. The van der Waals surface area contributed by atoms with Gasteiger partial charge in [0.15, 0.2) is 0 Å². The number of hydrogen-bond acceptors (Lipinski definition) is 2. The van der Waals surface area contributed by atoms with Crippen LogP contribution in [0.3, 0.4) is 0 Å². The van der Waals surface area contributed by atoms with E-state index in [1.165, 1.54) is 32.4 Å². The van der Waals surface area contributed by atoms with Gasteiger partial charge in [0.2, 0.25) is 0 Å². The number of unbranched alkanes of at least 4 members (excludes halogenated alkanes) is 1. The highest BCUT2D eigenvalue weighted by molar-refractivity contribution is 4.55. The van der Waals surface area contributed by atoms with Gasteiger partial charge in [0.25, 0.3) is 0 Å². The van der Waals surface area contributed by atoms with Crippen LogP contribution >= 0.6 is 0 Å². The molecule has 0 aliphatic rings. The fourth-order valence-corrected chi connectivity index (χ4v) is 1.04. The predicted octanol–water partition coefficient (Wildman–Crippen LogP) is 1.62. The lowest BCUT2D eigenvalue weighted by molar-refractivity contribution is 0.490. The maximum atomic E-state index is 3.47. The summed E-state index contributed by atoms with van der Waals surface area (Å²) in [7, 11) is 2.01. The Balaban J connectivity index is 2.90. The van der Waals surface area contributed by atoms with Crippen LogP contribution in [0.2, 0.25) is 0 Å². The maximum Gasteiger partial charge on any atom is -0.00233 e. The molecule has 0 heterocycles. The summed E-state index contributed by atoms with van der Waals surface area (Å²) in [5.74, 6) is 0.828. The molecule has 12 heavy (non-hydrogen) atoms. The molecule has 0 rings (SSSR count). The molecule has 0 fully saturated rings. The van der Waals surface area contributed by atoms with Crippen molar-refractivity contribution in [3.8, 4) is 0 Å². The van der Waals surface area contributed by atoms with E-state index in [1.807, 2.05) is 7.05 Å². The molecule has 0 aromatic rings. The first-order chi connectivity index (χ1) is 5.81. The zero-order chi connectivity index (χ0) is 9.23. The lowest BCUT2D eigenvalue weighted by Crippen LogP contribution is -2.22. The zero-order valence-electron chi connectivity index (χ0n) is 8.82. The van der Waals surface area contributed by atoms with Gasteiger partial charge in [0, 0.05) is 0 Å². The van der Waals surface area contributed by atoms with Gasteiger partial charge in [-0.1, -0.05) is 20.3 Å². The second kappa shape index (κ2) is 9.01. The summed E-state index contributed by atoms with van der Waals surface area (Å²) in [6.45, 7) is 8.03. The minimum Gasteiger partial charge on any atom is -0.320 e. The van der Waals surface area contributed by atoms with E-state index in [0.29, 0.717) is 0 Å². The monoisotopic (exact) mass is 172 g/mol. The van der Waals surface area contributed by atoms with Crippen molar-refractivity contribution in [2.45, 2.75) is 33.1 Å². The van der Waals surface area contributed by atoms with Crippen LogP contribution < -0.4 is 10.6 Å². The minimum absolute atomic E-state index is 0.828. The Morgan fingerprint density at radius 2 is 1.83 bits per heavy atom. The Morgan fingerprint density at radius 3 is 2.42 bits per heavy atom. The van der Waals surface area contributed by atoms with Crippen LogP contribution in [-0.4, -0.2) is 26.7 Å². The summed E-state index contributed by atoms with van der Waals surface area (Å²) < 4.78 is 0. The SMILES string of the molecule is CCC(C)CNCCCCNC. The second-order valence-corrected chi connectivity index (χ2v) is 3.53. The molecule has 0 radical (unpaired) electrons. The molecular weight excluding hydrogens is 148 g/mol. The van der Waals surface area contributed by atoms with Gasteiger partial charge in [-0.15, -0.1) is 0 Å². The van der Waals surface area contributed by atoms with Crippen molar-refractivity contribution in [2.24, 2.45) is 5.92 Å². The van der Waals surface area contributed by atoms with Crippen LogP contribution in [0.4, 0.5) is 0 Å². The van der Waals surface area contributed by atoms with Crippen molar-refractivity contribution >= 4 is 0 Å². The lowest BCUT2D eigenvalue weighted by Gasteiger charge is -2.09. The van der Waals surface area contributed by atoms with Crippen LogP contribution in [0, 0.1) is 5.92 Å². The molecule has 0 saturated heterocycles. The Bertz CT molecular complexity index is 83.9. The fourth-order valence-electron chi connectivity index (χ4n) is 1.04. The van der Waals surface area contributed by atoms with Gasteiger partial charge < -0.3 is 10.6 Å². The van der Waals surface area contributed by atoms with E-state index in [1.54, 1.807) is 0 Å². The molecule has 0 amide bonds. The topological polar surface area (TPSA) is 24.1 Å². The predicted molar refractivity (Wildman–Crippen MR) is 55.5 cm³/mol. The highest BCUT2D eigenvalue weighted by atomic mass is 14.9. The van der Waals surface area contributed by atoms with Crippen molar-refractivity contribution in [3.05, 3.63) is 0 Å². The van der Waals surface area contributed by atoms with E-state index >= 15 is 0 Å². The molecule has 0 bridgehead atoms. The average Bonchev–Trinajstić information content (AvgIpc) is 2.10. The third kappa shape index (κ3) is 8.02. The van der Waals surface area contributed by atoms with Crippen LogP contribution in [0.25, 0.3) is 0 Å². The van der Waals surface area contributed by atoms with Gasteiger partial charge >= 0.3 is 0 Å². The van der Waals surface area contributed by atoms with E-state index in [-0.39, 0.29) is 0 Å². The van der Waals surface area contributed by atoms with Gasteiger partial charge in [-0.05, 0) is 45.4 Å². The Hall–Kier alpha value is -0.0800. The first-order valence-corrected chi connectivity index (χ1v) is 5.16. The third-order valence-electron chi connectivity index (χ3n) is 2.22. The minimum atomic E-state index is 0.828. The van der Waals surface area contributed by atoms with E-state index < -0.39 is 0 Å². The summed E-state index contributed by atoms with van der Waals surface area (Å²) >= 11 is 0. The normalized spacial score (nSPS) is 13.2. The molecule has 0 aromatic carbocycles. The fraction of sp³-hybridized carbons (Fsp3) is 1.00. The lowest BCUT2D eigenvalue weighted by atomic mass is 10.1. The third-order valence-corrected chi connectivity index (χ3v) is 2.22. The number of rotatable bonds is 8. The van der Waals surface area contributed by atoms with Gasteiger partial charge in [-0.3, -0.25) is 0 Å². The largest absolute Gasteiger partial charge is 0.320 e. The standard InChI is InChI=1S/C10H24N2/c1-4-10(2)9-12-8-6-5-7-11-3/h10-12H,4-9H2,1-3H3. The molecule has 1 atom stereocenters. The van der Waals surface area contributed by atoms with Crippen LogP contribution in [0.1, 0.15) is 33.1 Å². The molecule has 74 valence electrons. The molecule has 2 heteroatoms. The van der Waals surface area contributed by atoms with Gasteiger partial charge in [0.05, 0.1) is 0 Å². The van der Waals surface area contributed by atoms with Crippen LogP contribution in [0.5, 0.6) is 0 Å². The van der Waals surface area contributed by atoms with Crippen LogP contribution in [-0.2, 0) is 0 Å². The van der Waals surface area contributed by atoms with E-state index in [4.69, 9.17) is 0 Å². The summed E-state index contributed by atoms with van der Waals surface area (Å²) in [6, 6.07) is 0. The molecule has 0 aromatic heterocycles. The van der Waals surface area contributed by atoms with Crippen molar-refractivity contribution in [2.75, 3.05) is 26.7 Å². The average molecular weight is 172 g/mol. The van der Waals surface area contributed by atoms with Gasteiger partial charge in [0.1, 0.15) is 0 Å². The molecule has 1 unspecified atom stereocenters. The highest BCUT2D eigenvalue weighted by Crippen LogP contribution is 1.97. The first kappa shape index (κ1) is 11.9. The Labute approximate surface area is 77.1 Å². The van der Waals surface area contributed by atoms with E-state index in [2.05, 4.69) is 24.5 Å². The highest BCUT2D eigenvalue weighted by Gasteiger charge is 1.95. The Kier molecular flexibility index (Phi) is 8.95. The smallest absolute Gasteiger partial charge is 0.00233 e. The summed E-state index contributed by atoms with van der Waals surface area (Å²) in [4.78, 5) is 0. The van der Waals surface area contributed by atoms with Crippen molar-refractivity contribution < 1.29 is 0 Å². The molecule has 2 N–H and O–H groups in total. The van der Waals surface area contributed by atoms with Gasteiger partial charge in [-0.25, -0.2) is 0 Å². The summed E-state index contributed by atoms with van der Waals surface area (Å²) in [5, 5.41) is 6.62. The van der Waals surface area contributed by atoms with Crippen molar-refractivity contribution in [1.82, 2.24) is 10.6 Å². The second-order valence-electron chi connectivity index (χ2n) is 3.53. The molecule has 0 aliphatic carbocycles. The molecule has 0 aliphatic heterocycles. The number of nitrogens with one attached hydrogen (secondary N) is 2. The van der Waals surface area contributed by atoms with Crippen molar-refractivity contribution in [3.63, 3.8) is 0 Å². The van der Waals surface area contributed by atoms with Crippen molar-refractivity contribution in [1.29, 1.82) is 0 Å².